The predicted molar refractivity (Wildman–Crippen MR) is 124 cm³/mol. The number of halogens is 2. The van der Waals surface area contributed by atoms with Crippen LogP contribution in [-0.2, 0) is 14.1 Å². The van der Waals surface area contributed by atoms with E-state index < -0.39 is 0 Å². The van der Waals surface area contributed by atoms with Crippen LogP contribution in [-0.4, -0.2) is 53.7 Å². The van der Waals surface area contributed by atoms with Crippen LogP contribution in [0.3, 0.4) is 0 Å². The van der Waals surface area contributed by atoms with Gasteiger partial charge in [0, 0.05) is 51.0 Å². The van der Waals surface area contributed by atoms with Gasteiger partial charge in [-0.05, 0) is 11.6 Å². The summed E-state index contributed by atoms with van der Waals surface area (Å²) in [4.78, 5) is 15.6. The standard InChI is InChI=1S/C9H11N5O.C5H5ClN2O.C4H7N3.ClH/c1-14-6-7(5-11-14)12-9-10-4-3-8(13-9)15-2;1-9-4-2-3-7-5(6)8-4;1-7-3-4(5)2-6-7;/h3-6H,1-2H3,(H,10,12,13);2-3H,1H3;2-3H,5H2,1H3;1H. The number of ether oxygens (including phenoxy) is 2. The molecule has 4 aromatic heterocycles. The molecule has 0 radical (unpaired) electrons. The van der Waals surface area contributed by atoms with Crippen molar-refractivity contribution in [2.24, 2.45) is 14.1 Å². The molecule has 0 aliphatic rings. The normalized spacial score (nSPS) is 9.28. The Morgan fingerprint density at radius 3 is 1.94 bits per heavy atom. The van der Waals surface area contributed by atoms with Gasteiger partial charge in [-0.1, -0.05) is 0 Å². The number of aryl methyl sites for hydroxylation is 2. The third-order valence-electron chi connectivity index (χ3n) is 3.33. The Morgan fingerprint density at radius 2 is 1.50 bits per heavy atom. The molecule has 0 unspecified atom stereocenters. The summed E-state index contributed by atoms with van der Waals surface area (Å²) in [6, 6.07) is 3.32. The average molecular weight is 483 g/mol. The number of aromatic nitrogens is 8. The zero-order valence-corrected chi connectivity index (χ0v) is 19.4. The fourth-order valence-corrected chi connectivity index (χ4v) is 2.14. The number of methoxy groups -OCH3 is 2. The zero-order valence-electron chi connectivity index (χ0n) is 17.9. The van der Waals surface area contributed by atoms with Gasteiger partial charge in [0.05, 0.1) is 38.0 Å². The summed E-state index contributed by atoms with van der Waals surface area (Å²) >= 11 is 5.42. The van der Waals surface area contributed by atoms with Crippen LogP contribution in [0.5, 0.6) is 11.8 Å². The molecule has 0 aliphatic heterocycles. The second-order valence-corrected chi connectivity index (χ2v) is 6.10. The topological polar surface area (TPSA) is 144 Å². The van der Waals surface area contributed by atoms with E-state index >= 15 is 0 Å². The number of nitrogens with zero attached hydrogens (tertiary/aromatic N) is 8. The van der Waals surface area contributed by atoms with Gasteiger partial charge in [0.2, 0.25) is 23.0 Å². The highest BCUT2D eigenvalue weighted by atomic mass is 35.5. The number of rotatable bonds is 4. The number of nitrogen functional groups attached to an aromatic ring is 1. The SMILES string of the molecule is COc1ccnc(Cl)n1.COc1ccnc(Nc2cnn(C)c2)n1.Cl.Cn1cc(N)cn1. The maximum atomic E-state index is 5.42. The van der Waals surface area contributed by atoms with Crippen molar-refractivity contribution in [1.29, 1.82) is 0 Å². The number of hydrogen-bond acceptors (Lipinski definition) is 10. The lowest BCUT2D eigenvalue weighted by Gasteiger charge is -2.02. The highest BCUT2D eigenvalue weighted by molar-refractivity contribution is 6.28. The van der Waals surface area contributed by atoms with Crippen LogP contribution in [0.25, 0.3) is 0 Å². The minimum atomic E-state index is 0. The van der Waals surface area contributed by atoms with Crippen LogP contribution >= 0.6 is 24.0 Å². The second kappa shape index (κ2) is 13.6. The van der Waals surface area contributed by atoms with Crippen molar-refractivity contribution >= 4 is 41.3 Å². The second-order valence-electron chi connectivity index (χ2n) is 5.77. The van der Waals surface area contributed by atoms with Gasteiger partial charge in [-0.2, -0.15) is 20.2 Å². The van der Waals surface area contributed by atoms with Crippen molar-refractivity contribution in [3.8, 4) is 11.8 Å². The summed E-state index contributed by atoms with van der Waals surface area (Å²) < 4.78 is 13.1. The van der Waals surface area contributed by atoms with E-state index in [0.29, 0.717) is 23.4 Å². The molecule has 0 atom stereocenters. The monoisotopic (exact) mass is 482 g/mol. The fraction of sp³-hybridized carbons (Fsp3) is 0.222. The van der Waals surface area contributed by atoms with Crippen molar-refractivity contribution in [2.75, 3.05) is 25.3 Å². The van der Waals surface area contributed by atoms with E-state index in [0.717, 1.165) is 5.69 Å². The Kier molecular flexibility index (Phi) is 11.2. The van der Waals surface area contributed by atoms with E-state index in [1.54, 1.807) is 53.4 Å². The Hall–Kier alpha value is -3.64. The van der Waals surface area contributed by atoms with Crippen molar-refractivity contribution in [2.45, 2.75) is 0 Å². The first-order chi connectivity index (χ1) is 14.9. The van der Waals surface area contributed by atoms with Gasteiger partial charge < -0.3 is 20.5 Å². The van der Waals surface area contributed by atoms with Gasteiger partial charge in [-0.15, -0.1) is 12.4 Å². The molecule has 12 nitrogen and oxygen atoms in total. The Balaban J connectivity index is 0.000000258. The van der Waals surface area contributed by atoms with Gasteiger partial charge in [0.15, 0.2) is 0 Å². The summed E-state index contributed by atoms with van der Waals surface area (Å²) in [5.74, 6) is 1.49. The third kappa shape index (κ3) is 9.45. The number of nitrogens with two attached hydrogens (primary N) is 1. The molecule has 0 saturated heterocycles. The first kappa shape index (κ1) is 26.4. The lowest BCUT2D eigenvalue weighted by atomic mass is 10.5. The first-order valence-corrected chi connectivity index (χ1v) is 9.16. The molecule has 0 aromatic carbocycles. The molecule has 0 bridgehead atoms. The van der Waals surface area contributed by atoms with Crippen LogP contribution in [0.4, 0.5) is 17.3 Å². The average Bonchev–Trinajstić information content (AvgIpc) is 3.35. The van der Waals surface area contributed by atoms with E-state index in [2.05, 4.69) is 35.5 Å². The van der Waals surface area contributed by atoms with Crippen molar-refractivity contribution < 1.29 is 9.47 Å². The van der Waals surface area contributed by atoms with E-state index in [-0.39, 0.29) is 17.7 Å². The van der Waals surface area contributed by atoms with Crippen molar-refractivity contribution in [3.05, 3.63) is 54.6 Å². The minimum absolute atomic E-state index is 0. The highest BCUT2D eigenvalue weighted by Gasteiger charge is 2.01. The fourth-order valence-electron chi connectivity index (χ4n) is 2.00. The van der Waals surface area contributed by atoms with E-state index in [1.165, 1.54) is 13.3 Å². The maximum absolute atomic E-state index is 5.42. The summed E-state index contributed by atoms with van der Waals surface area (Å²) in [5, 5.41) is 11.0. The van der Waals surface area contributed by atoms with Gasteiger partial charge in [0.1, 0.15) is 0 Å². The van der Waals surface area contributed by atoms with Crippen LogP contribution in [0.2, 0.25) is 5.28 Å². The number of hydrogen-bond donors (Lipinski definition) is 2. The molecule has 3 N–H and O–H groups in total. The van der Waals surface area contributed by atoms with Crippen molar-refractivity contribution in [1.82, 2.24) is 39.5 Å². The molecule has 0 saturated carbocycles. The quantitative estimate of drug-likeness (QED) is 0.416. The smallest absolute Gasteiger partial charge is 0.230 e. The van der Waals surface area contributed by atoms with Gasteiger partial charge in [0.25, 0.3) is 0 Å². The molecule has 0 fully saturated rings. The molecule has 14 heteroatoms. The molecule has 0 spiro atoms. The summed E-state index contributed by atoms with van der Waals surface area (Å²) in [5.41, 5.74) is 6.84. The lowest BCUT2D eigenvalue weighted by molar-refractivity contribution is 0.397. The summed E-state index contributed by atoms with van der Waals surface area (Å²) in [7, 11) is 6.77. The molecule has 32 heavy (non-hydrogen) atoms. The molecule has 4 aromatic rings. The van der Waals surface area contributed by atoms with Gasteiger partial charge in [-0.25, -0.2) is 9.97 Å². The zero-order chi connectivity index (χ0) is 22.6. The summed E-state index contributed by atoms with van der Waals surface area (Å²) in [6.07, 6.45) is 10.1. The van der Waals surface area contributed by atoms with Crippen LogP contribution < -0.4 is 20.5 Å². The molecule has 0 aliphatic carbocycles. The van der Waals surface area contributed by atoms with Crippen molar-refractivity contribution in [3.63, 3.8) is 0 Å². The lowest BCUT2D eigenvalue weighted by Crippen LogP contribution is -1.97. The van der Waals surface area contributed by atoms with E-state index in [1.807, 2.05) is 20.3 Å². The Morgan fingerprint density at radius 1 is 0.906 bits per heavy atom. The van der Waals surface area contributed by atoms with Crippen LogP contribution in [0.15, 0.2) is 49.3 Å². The predicted octanol–water partition coefficient (Wildman–Crippen LogP) is 2.52. The van der Waals surface area contributed by atoms with E-state index in [9.17, 15) is 0 Å². The summed E-state index contributed by atoms with van der Waals surface area (Å²) in [6.45, 7) is 0. The number of anilines is 3. The van der Waals surface area contributed by atoms with E-state index in [4.69, 9.17) is 26.8 Å². The molecule has 0 amide bonds. The largest absolute Gasteiger partial charge is 0.481 e. The number of nitrogens with one attached hydrogen (secondary N) is 1. The minimum Gasteiger partial charge on any atom is -0.481 e. The Bertz CT molecular complexity index is 1060. The third-order valence-corrected chi connectivity index (χ3v) is 3.52. The Labute approximate surface area is 196 Å². The molecule has 172 valence electrons. The van der Waals surface area contributed by atoms with Gasteiger partial charge in [-0.3, -0.25) is 9.36 Å². The van der Waals surface area contributed by atoms with Crippen LogP contribution in [0, 0.1) is 0 Å². The maximum Gasteiger partial charge on any atom is 0.230 e. The highest BCUT2D eigenvalue weighted by Crippen LogP contribution is 2.13. The first-order valence-electron chi connectivity index (χ1n) is 8.79. The van der Waals surface area contributed by atoms with Gasteiger partial charge >= 0.3 is 0 Å². The molecular weight excluding hydrogens is 459 g/mol. The molecule has 4 heterocycles. The molecular formula is C18H24Cl2N10O2. The van der Waals surface area contributed by atoms with Crippen LogP contribution in [0.1, 0.15) is 0 Å². The molecule has 4 rings (SSSR count).